The molecule has 0 radical (unpaired) electrons. The van der Waals surface area contributed by atoms with E-state index in [1.807, 2.05) is 0 Å². The molecule has 7 heteroatoms. The van der Waals surface area contributed by atoms with Crippen molar-refractivity contribution in [2.45, 2.75) is 18.0 Å². The fraction of sp³-hybridized carbons (Fsp3) is 0.500. The quantitative estimate of drug-likeness (QED) is 0.605. The lowest BCUT2D eigenvalue weighted by atomic mass is 10.1. The Bertz CT molecular complexity index is 498. The maximum absolute atomic E-state index is 11.5. The Morgan fingerprint density at radius 3 is 2.80 bits per heavy atom. The summed E-state index contributed by atoms with van der Waals surface area (Å²) in [7, 11) is -3.34. The lowest BCUT2D eigenvalue weighted by Gasteiger charge is -2.18. The van der Waals surface area contributed by atoms with Gasteiger partial charge in [0.1, 0.15) is 0 Å². The molecule has 0 saturated carbocycles. The van der Waals surface area contributed by atoms with Crippen LogP contribution in [0, 0.1) is 0 Å². The number of sulfone groups is 1. The van der Waals surface area contributed by atoms with Gasteiger partial charge >= 0.3 is 0 Å². The first-order chi connectivity index (χ1) is 6.98. The number of nitrogens with one attached hydrogen (secondary N) is 1. The second-order valence-electron chi connectivity index (χ2n) is 3.51. The maximum atomic E-state index is 11.5. The fourth-order valence-corrected chi connectivity index (χ4v) is 2.53. The highest BCUT2D eigenvalue weighted by molar-refractivity contribution is 7.90. The average molecular weight is 228 g/mol. The highest BCUT2D eigenvalue weighted by Crippen LogP contribution is 2.20. The summed E-state index contributed by atoms with van der Waals surface area (Å²) in [5, 5.41) is 3.14. The van der Waals surface area contributed by atoms with Crippen LogP contribution >= 0.6 is 0 Å². The molecule has 1 aromatic rings. The van der Waals surface area contributed by atoms with Crippen molar-refractivity contribution >= 4 is 15.8 Å². The molecule has 0 aliphatic carbocycles. The van der Waals surface area contributed by atoms with Gasteiger partial charge in [-0.1, -0.05) is 0 Å². The Hall–Kier alpha value is -1.21. The summed E-state index contributed by atoms with van der Waals surface area (Å²) < 4.78 is 23.0. The van der Waals surface area contributed by atoms with Crippen molar-refractivity contribution in [3.05, 3.63) is 11.3 Å². The normalized spacial score (nSPS) is 16.1. The molecule has 1 aromatic heterocycles. The van der Waals surface area contributed by atoms with Gasteiger partial charge in [0.2, 0.25) is 5.95 Å². The average Bonchev–Trinajstić information content (AvgIpc) is 2.15. The molecule has 0 aromatic carbocycles. The minimum Gasteiger partial charge on any atom is -0.368 e. The molecule has 15 heavy (non-hydrogen) atoms. The molecule has 3 N–H and O–H groups in total. The second kappa shape index (κ2) is 3.42. The zero-order chi connectivity index (χ0) is 11.1. The number of nitrogens with zero attached hydrogens (tertiary/aromatic N) is 2. The lowest BCUT2D eigenvalue weighted by Crippen LogP contribution is -2.27. The molecule has 0 spiro atoms. The van der Waals surface area contributed by atoms with Crippen molar-refractivity contribution < 1.29 is 8.42 Å². The number of hydrogen-bond donors (Lipinski definition) is 2. The topological polar surface area (TPSA) is 98.0 Å². The van der Waals surface area contributed by atoms with Crippen LogP contribution in [-0.4, -0.2) is 31.2 Å². The SMILES string of the molecule is CS(=O)(=O)c1nc(N)nc2c1CNCC2. The first-order valence-corrected chi connectivity index (χ1v) is 6.43. The van der Waals surface area contributed by atoms with Gasteiger partial charge in [0.05, 0.1) is 5.69 Å². The van der Waals surface area contributed by atoms with E-state index in [-0.39, 0.29) is 11.0 Å². The molecule has 2 heterocycles. The van der Waals surface area contributed by atoms with Gasteiger partial charge in [-0.3, -0.25) is 0 Å². The van der Waals surface area contributed by atoms with E-state index >= 15 is 0 Å². The van der Waals surface area contributed by atoms with Crippen LogP contribution in [0.1, 0.15) is 11.3 Å². The molecule has 2 rings (SSSR count). The predicted octanol–water partition coefficient (Wildman–Crippen LogP) is -0.892. The summed E-state index contributed by atoms with van der Waals surface area (Å²) in [6, 6.07) is 0. The molecule has 0 fully saturated rings. The van der Waals surface area contributed by atoms with Crippen molar-refractivity contribution in [1.82, 2.24) is 15.3 Å². The minimum atomic E-state index is -3.34. The number of nitrogen functional groups attached to an aromatic ring is 1. The summed E-state index contributed by atoms with van der Waals surface area (Å²) >= 11 is 0. The van der Waals surface area contributed by atoms with Crippen LogP contribution in [0.15, 0.2) is 5.03 Å². The van der Waals surface area contributed by atoms with Gasteiger partial charge in [-0.2, -0.15) is 0 Å². The molecule has 1 aliphatic heterocycles. The Kier molecular flexibility index (Phi) is 2.35. The van der Waals surface area contributed by atoms with Crippen LogP contribution < -0.4 is 11.1 Å². The third kappa shape index (κ3) is 1.93. The predicted molar refractivity (Wildman–Crippen MR) is 55.0 cm³/mol. The number of rotatable bonds is 1. The van der Waals surface area contributed by atoms with Crippen molar-refractivity contribution in [1.29, 1.82) is 0 Å². The van der Waals surface area contributed by atoms with E-state index < -0.39 is 9.84 Å². The first kappa shape index (κ1) is 10.3. The smallest absolute Gasteiger partial charge is 0.221 e. The number of anilines is 1. The summed E-state index contributed by atoms with van der Waals surface area (Å²) in [6.45, 7) is 1.27. The van der Waals surface area contributed by atoms with Crippen LogP contribution in [0.4, 0.5) is 5.95 Å². The Balaban J connectivity index is 2.68. The van der Waals surface area contributed by atoms with Crippen LogP contribution in [0.2, 0.25) is 0 Å². The molecular weight excluding hydrogens is 216 g/mol. The molecule has 82 valence electrons. The summed E-state index contributed by atoms with van der Waals surface area (Å²) in [5.74, 6) is 0.0241. The van der Waals surface area contributed by atoms with E-state index in [2.05, 4.69) is 15.3 Å². The molecule has 6 nitrogen and oxygen atoms in total. The molecule has 1 aliphatic rings. The second-order valence-corrected chi connectivity index (χ2v) is 5.44. The standard InChI is InChI=1S/C8H12N4O2S/c1-15(13,14)7-5-4-10-3-2-6(5)11-8(9)12-7/h10H,2-4H2,1H3,(H2,9,11,12). The van der Waals surface area contributed by atoms with Gasteiger partial charge in [0.25, 0.3) is 0 Å². The summed E-state index contributed by atoms with van der Waals surface area (Å²) in [4.78, 5) is 7.85. The van der Waals surface area contributed by atoms with E-state index in [1.165, 1.54) is 0 Å². The zero-order valence-corrected chi connectivity index (χ0v) is 9.13. The van der Waals surface area contributed by atoms with Crippen LogP contribution in [-0.2, 0) is 22.8 Å². The minimum absolute atomic E-state index is 0.0241. The number of fused-ring (bicyclic) bond motifs is 1. The van der Waals surface area contributed by atoms with Crippen molar-refractivity contribution in [2.24, 2.45) is 0 Å². The molecule has 0 amide bonds. The van der Waals surface area contributed by atoms with E-state index in [4.69, 9.17) is 5.73 Å². The van der Waals surface area contributed by atoms with Crippen LogP contribution in [0.5, 0.6) is 0 Å². The lowest BCUT2D eigenvalue weighted by molar-refractivity contribution is 0.580. The fourth-order valence-electron chi connectivity index (χ4n) is 1.64. The molecule has 0 saturated heterocycles. The number of hydrogen-bond acceptors (Lipinski definition) is 6. The number of nitrogens with two attached hydrogens (primary N) is 1. The Morgan fingerprint density at radius 1 is 1.40 bits per heavy atom. The van der Waals surface area contributed by atoms with Gasteiger partial charge in [0, 0.05) is 31.3 Å². The summed E-state index contributed by atoms with van der Waals surface area (Å²) in [5.41, 5.74) is 6.86. The third-order valence-electron chi connectivity index (χ3n) is 2.26. The van der Waals surface area contributed by atoms with Crippen molar-refractivity contribution in [2.75, 3.05) is 18.5 Å². The van der Waals surface area contributed by atoms with Gasteiger partial charge in [-0.15, -0.1) is 0 Å². The van der Waals surface area contributed by atoms with E-state index in [1.54, 1.807) is 0 Å². The van der Waals surface area contributed by atoms with Crippen molar-refractivity contribution in [3.8, 4) is 0 Å². The van der Waals surface area contributed by atoms with Gasteiger partial charge in [-0.25, -0.2) is 18.4 Å². The van der Waals surface area contributed by atoms with Gasteiger partial charge in [0.15, 0.2) is 14.9 Å². The molecule has 0 unspecified atom stereocenters. The third-order valence-corrected chi connectivity index (χ3v) is 3.30. The highest BCUT2D eigenvalue weighted by atomic mass is 32.2. The molecular formula is C8H12N4O2S. The van der Waals surface area contributed by atoms with Crippen LogP contribution in [0.3, 0.4) is 0 Å². The van der Waals surface area contributed by atoms with E-state index in [9.17, 15) is 8.42 Å². The molecule has 0 bridgehead atoms. The Labute approximate surface area is 87.8 Å². The van der Waals surface area contributed by atoms with Gasteiger partial charge in [-0.05, 0) is 0 Å². The Morgan fingerprint density at radius 2 is 2.13 bits per heavy atom. The first-order valence-electron chi connectivity index (χ1n) is 4.54. The molecule has 0 atom stereocenters. The van der Waals surface area contributed by atoms with E-state index in [0.717, 1.165) is 18.5 Å². The largest absolute Gasteiger partial charge is 0.368 e. The van der Waals surface area contributed by atoms with E-state index in [0.29, 0.717) is 18.5 Å². The number of aromatic nitrogens is 2. The monoisotopic (exact) mass is 228 g/mol. The van der Waals surface area contributed by atoms with Crippen LogP contribution in [0.25, 0.3) is 0 Å². The summed E-state index contributed by atoms with van der Waals surface area (Å²) in [6.07, 6.45) is 1.81. The maximum Gasteiger partial charge on any atom is 0.221 e. The van der Waals surface area contributed by atoms with Gasteiger partial charge < -0.3 is 11.1 Å². The van der Waals surface area contributed by atoms with Crippen molar-refractivity contribution in [3.63, 3.8) is 0 Å². The highest BCUT2D eigenvalue weighted by Gasteiger charge is 2.22. The zero-order valence-electron chi connectivity index (χ0n) is 8.32.